The van der Waals surface area contributed by atoms with Crippen molar-refractivity contribution in [2.75, 3.05) is 0 Å². The summed E-state index contributed by atoms with van der Waals surface area (Å²) in [7, 11) is 0. The quantitative estimate of drug-likeness (QED) is 0.193. The first-order valence-corrected chi connectivity index (χ1v) is 17.0. The van der Waals surface area contributed by atoms with Crippen molar-refractivity contribution in [1.29, 1.82) is 0 Å². The zero-order valence-electron chi connectivity index (χ0n) is 27.0. The van der Waals surface area contributed by atoms with Crippen molar-refractivity contribution < 1.29 is 0 Å². The van der Waals surface area contributed by atoms with E-state index >= 15 is 0 Å². The number of nitrogens with zero attached hydrogens (tertiary/aromatic N) is 4. The lowest BCUT2D eigenvalue weighted by Crippen LogP contribution is -2.06. The molecule has 0 unspecified atom stereocenters. The molecule has 3 aromatic heterocycles. The lowest BCUT2D eigenvalue weighted by Gasteiger charge is -2.14. The molecule has 3 heterocycles. The van der Waals surface area contributed by atoms with Gasteiger partial charge in [-0.15, -0.1) is 0 Å². The number of hydrogen-bond acceptors (Lipinski definition) is 2. The van der Waals surface area contributed by atoms with Crippen molar-refractivity contribution >= 4 is 70.9 Å². The first-order valence-electron chi connectivity index (χ1n) is 17.0. The first kappa shape index (κ1) is 27.2. The maximum absolute atomic E-state index is 5.46. The molecular weight excluding hydrogens is 609 g/mol. The third-order valence-corrected chi connectivity index (χ3v) is 10.3. The fourth-order valence-corrected chi connectivity index (χ4v) is 8.00. The van der Waals surface area contributed by atoms with Crippen molar-refractivity contribution in [2.24, 2.45) is 0 Å². The van der Waals surface area contributed by atoms with E-state index in [9.17, 15) is 0 Å². The number of hydrogen-bond donors (Lipinski definition) is 0. The highest BCUT2D eigenvalue weighted by atomic mass is 15.2. The molecule has 0 spiro atoms. The zero-order valence-corrected chi connectivity index (χ0v) is 27.0. The topological polar surface area (TPSA) is 35.1 Å². The van der Waals surface area contributed by atoms with Gasteiger partial charge < -0.3 is 0 Å². The van der Waals surface area contributed by atoms with E-state index in [-0.39, 0.29) is 0 Å². The summed E-state index contributed by atoms with van der Waals surface area (Å²) in [5.74, 6) is 0.817. The Labute approximate surface area is 287 Å². The van der Waals surface area contributed by atoms with Gasteiger partial charge >= 0.3 is 0 Å². The summed E-state index contributed by atoms with van der Waals surface area (Å²) in [5.41, 5.74) is 10.7. The second-order valence-corrected chi connectivity index (χ2v) is 13.0. The Bertz CT molecular complexity index is 3020. The summed E-state index contributed by atoms with van der Waals surface area (Å²) >= 11 is 0. The zero-order chi connectivity index (χ0) is 32.8. The van der Waals surface area contributed by atoms with E-state index in [1.165, 1.54) is 54.6 Å². The van der Waals surface area contributed by atoms with Crippen LogP contribution in [-0.2, 0) is 0 Å². The lowest BCUT2D eigenvalue weighted by atomic mass is 9.96. The summed E-state index contributed by atoms with van der Waals surface area (Å²) in [4.78, 5) is 10.6. The highest BCUT2D eigenvalue weighted by Gasteiger charge is 2.21. The molecule has 0 saturated heterocycles. The van der Waals surface area contributed by atoms with Gasteiger partial charge in [0.05, 0.1) is 27.6 Å². The number of rotatable bonds is 3. The van der Waals surface area contributed by atoms with Gasteiger partial charge in [0.15, 0.2) is 0 Å². The van der Waals surface area contributed by atoms with Crippen LogP contribution in [0.3, 0.4) is 0 Å². The van der Waals surface area contributed by atoms with Crippen molar-refractivity contribution in [3.8, 4) is 28.2 Å². The average Bonchev–Trinajstić information content (AvgIpc) is 3.73. The Morgan fingerprint density at radius 3 is 1.52 bits per heavy atom. The molecule has 0 bridgehead atoms. The summed E-state index contributed by atoms with van der Waals surface area (Å²) in [5, 5.41) is 8.33. The van der Waals surface area contributed by atoms with Gasteiger partial charge in [-0.1, -0.05) is 133 Å². The Balaban J connectivity index is 1.30. The SMILES string of the molecule is c1ccc2c(-c3ccc4c5ccc(-c6cccc7ccccc67)cc5n(-c5nc6ccccc6c6nc7ccccc7n56)c4c3)cccc2c1. The van der Waals surface area contributed by atoms with Crippen LogP contribution in [-0.4, -0.2) is 18.9 Å². The number of aromatic nitrogens is 4. The van der Waals surface area contributed by atoms with Crippen LogP contribution < -0.4 is 0 Å². The van der Waals surface area contributed by atoms with Crippen molar-refractivity contribution in [3.63, 3.8) is 0 Å². The van der Waals surface area contributed by atoms with Gasteiger partial charge in [-0.05, 0) is 80.2 Å². The highest BCUT2D eigenvalue weighted by molar-refractivity contribution is 6.13. The van der Waals surface area contributed by atoms with E-state index in [1.807, 2.05) is 0 Å². The Morgan fingerprint density at radius 2 is 0.880 bits per heavy atom. The Hall–Kier alpha value is -6.78. The fourth-order valence-electron chi connectivity index (χ4n) is 8.00. The summed E-state index contributed by atoms with van der Waals surface area (Å²) in [6, 6.07) is 60.9. The molecule has 0 N–H and O–H groups in total. The van der Waals surface area contributed by atoms with Gasteiger partial charge in [0.1, 0.15) is 5.65 Å². The molecule has 0 aliphatic rings. The van der Waals surface area contributed by atoms with Gasteiger partial charge in [0.25, 0.3) is 0 Å². The number of imidazole rings is 1. The molecular formula is C46H28N4. The normalized spacial score (nSPS) is 12.0. The second kappa shape index (κ2) is 10.4. The van der Waals surface area contributed by atoms with Gasteiger partial charge in [-0.2, -0.15) is 0 Å². The number of benzene rings is 8. The van der Waals surface area contributed by atoms with Gasteiger partial charge in [-0.3, -0.25) is 8.97 Å². The molecule has 50 heavy (non-hydrogen) atoms. The van der Waals surface area contributed by atoms with Crippen molar-refractivity contribution in [1.82, 2.24) is 18.9 Å². The predicted octanol–water partition coefficient (Wildman–Crippen LogP) is 11.8. The summed E-state index contributed by atoms with van der Waals surface area (Å²) in [6.45, 7) is 0. The summed E-state index contributed by atoms with van der Waals surface area (Å²) < 4.78 is 4.60. The second-order valence-electron chi connectivity index (χ2n) is 13.0. The summed E-state index contributed by atoms with van der Waals surface area (Å²) in [6.07, 6.45) is 0. The molecule has 0 saturated carbocycles. The van der Waals surface area contributed by atoms with Crippen LogP contribution in [0.5, 0.6) is 0 Å². The minimum atomic E-state index is 0.817. The minimum absolute atomic E-state index is 0.817. The molecule has 4 nitrogen and oxygen atoms in total. The monoisotopic (exact) mass is 636 g/mol. The lowest BCUT2D eigenvalue weighted by molar-refractivity contribution is 0.980. The van der Waals surface area contributed by atoms with E-state index in [2.05, 4.69) is 179 Å². The Kier molecular flexibility index (Phi) is 5.63. The fraction of sp³-hybridized carbons (Fsp3) is 0. The standard InChI is InChI=1S/C46H28N4/c1-3-15-33-29(11-1)13-9-18-35(33)31-23-25-37-38-26-24-32(36-19-10-14-30-12-2-4-16-34(30)36)28-44(38)49(43(37)27-31)46-48-40-20-6-5-17-39(40)45-47-41-21-7-8-22-42(41)50(45)46/h1-28H. The van der Waals surface area contributed by atoms with E-state index < -0.39 is 0 Å². The van der Waals surface area contributed by atoms with Gasteiger partial charge in [0.2, 0.25) is 5.95 Å². The number of fused-ring (bicyclic) bond motifs is 10. The van der Waals surface area contributed by atoms with Gasteiger partial charge in [0, 0.05) is 16.2 Å². The van der Waals surface area contributed by atoms with Crippen LogP contribution in [0.25, 0.3) is 99.1 Å². The molecule has 0 atom stereocenters. The molecule has 232 valence electrons. The minimum Gasteiger partial charge on any atom is -0.279 e. The molecule has 0 amide bonds. The van der Waals surface area contributed by atoms with E-state index in [0.717, 1.165) is 44.6 Å². The third kappa shape index (κ3) is 3.87. The van der Waals surface area contributed by atoms with Crippen LogP contribution >= 0.6 is 0 Å². The Morgan fingerprint density at radius 1 is 0.360 bits per heavy atom. The smallest absolute Gasteiger partial charge is 0.221 e. The molecule has 0 aliphatic heterocycles. The predicted molar refractivity (Wildman–Crippen MR) is 208 cm³/mol. The van der Waals surface area contributed by atoms with E-state index in [1.54, 1.807) is 0 Å². The van der Waals surface area contributed by atoms with Crippen LogP contribution in [0.4, 0.5) is 0 Å². The van der Waals surface area contributed by atoms with E-state index in [4.69, 9.17) is 9.97 Å². The molecule has 0 fully saturated rings. The van der Waals surface area contributed by atoms with Crippen LogP contribution in [0.15, 0.2) is 170 Å². The molecule has 11 rings (SSSR count). The van der Waals surface area contributed by atoms with Crippen molar-refractivity contribution in [2.45, 2.75) is 0 Å². The molecule has 0 aliphatic carbocycles. The maximum atomic E-state index is 5.46. The molecule has 0 radical (unpaired) electrons. The van der Waals surface area contributed by atoms with Crippen LogP contribution in [0, 0.1) is 0 Å². The van der Waals surface area contributed by atoms with Crippen molar-refractivity contribution in [3.05, 3.63) is 170 Å². The van der Waals surface area contributed by atoms with E-state index in [0.29, 0.717) is 0 Å². The third-order valence-electron chi connectivity index (χ3n) is 10.3. The molecule has 11 aromatic rings. The van der Waals surface area contributed by atoms with Crippen LogP contribution in [0.1, 0.15) is 0 Å². The average molecular weight is 637 g/mol. The highest BCUT2D eigenvalue weighted by Crippen LogP contribution is 2.40. The van der Waals surface area contributed by atoms with Crippen LogP contribution in [0.2, 0.25) is 0 Å². The first-order chi connectivity index (χ1) is 24.8. The van der Waals surface area contributed by atoms with Gasteiger partial charge in [-0.25, -0.2) is 9.97 Å². The largest absolute Gasteiger partial charge is 0.279 e. The number of para-hydroxylation sites is 3. The molecule has 4 heteroatoms. The maximum Gasteiger partial charge on any atom is 0.221 e. The molecule has 8 aromatic carbocycles.